The van der Waals surface area contributed by atoms with E-state index in [0.29, 0.717) is 0 Å². The Bertz CT molecular complexity index is 1120. The molecule has 0 bridgehead atoms. The van der Waals surface area contributed by atoms with E-state index in [2.05, 4.69) is 111 Å². The molecule has 0 unspecified atom stereocenters. The maximum absolute atomic E-state index is 2.52. The van der Waals surface area contributed by atoms with Crippen molar-refractivity contribution in [3.8, 4) is 0 Å². The molecule has 0 fully saturated rings. The zero-order valence-corrected chi connectivity index (χ0v) is 27.6. The molecule has 2 aliphatic carbocycles. The van der Waals surface area contributed by atoms with Crippen LogP contribution in [-0.2, 0) is 22.3 Å². The summed E-state index contributed by atoms with van der Waals surface area (Å²) in [6.07, 6.45) is 15.7. The molecular formula is C30H36Cl2Si2Zr. The van der Waals surface area contributed by atoms with Crippen molar-refractivity contribution in [2.24, 2.45) is 0 Å². The molecule has 0 aliphatic heterocycles. The Balaban J connectivity index is 0.00000216. The third-order valence-corrected chi connectivity index (χ3v) is 14.6. The van der Waals surface area contributed by atoms with Gasteiger partial charge >= 0.3 is 216 Å². The fourth-order valence-electron chi connectivity index (χ4n) is 4.62. The molecule has 0 saturated carbocycles. The van der Waals surface area contributed by atoms with Crippen LogP contribution in [0.2, 0.25) is 38.3 Å². The maximum Gasteiger partial charge on any atom is -1.00 e. The second kappa shape index (κ2) is 14.7. The minimum absolute atomic E-state index is 0. The van der Waals surface area contributed by atoms with Crippen LogP contribution in [0.5, 0.6) is 0 Å². The second-order valence-corrected chi connectivity index (χ2v) is 20.1. The molecule has 2 aromatic carbocycles. The van der Waals surface area contributed by atoms with E-state index in [1.54, 1.807) is 0 Å². The smallest absolute Gasteiger partial charge is 1.00 e. The second-order valence-electron chi connectivity index (χ2n) is 10.1. The molecule has 0 N–H and O–H groups in total. The minimum Gasteiger partial charge on any atom is -1.00 e. The van der Waals surface area contributed by atoms with Gasteiger partial charge in [0, 0.05) is 0 Å². The van der Waals surface area contributed by atoms with Crippen molar-refractivity contribution in [1.29, 1.82) is 0 Å². The molecule has 2 aliphatic rings. The summed E-state index contributed by atoms with van der Waals surface area (Å²) in [6.45, 7) is 10.1. The Morgan fingerprint density at radius 1 is 0.686 bits per heavy atom. The predicted octanol–water partition coefficient (Wildman–Crippen LogP) is 1.18. The summed E-state index contributed by atoms with van der Waals surface area (Å²) in [7, 11) is -1.40. The Morgan fingerprint density at radius 2 is 1.11 bits per heavy atom. The number of allylic oxidation sites excluding steroid dienone is 8. The molecular weight excluding hydrogens is 579 g/mol. The van der Waals surface area contributed by atoms with Crippen LogP contribution >= 0.6 is 0 Å². The van der Waals surface area contributed by atoms with Gasteiger partial charge < -0.3 is 24.8 Å². The van der Waals surface area contributed by atoms with Gasteiger partial charge in [0.2, 0.25) is 0 Å². The molecule has 0 saturated heterocycles. The van der Waals surface area contributed by atoms with E-state index in [-0.39, 0.29) is 24.8 Å². The van der Waals surface area contributed by atoms with E-state index in [1.807, 2.05) is 6.41 Å². The Labute approximate surface area is 238 Å². The largest absolute Gasteiger partial charge is 1.00 e. The number of halogens is 2. The van der Waals surface area contributed by atoms with Gasteiger partial charge in [0.25, 0.3) is 0 Å². The molecule has 0 aromatic heterocycles. The molecule has 0 spiro atoms. The summed E-state index contributed by atoms with van der Waals surface area (Å²) in [4.78, 5) is 0. The standard InChI is InChI=1S/2C15H18Si.2ClH.Zr/c2*1-16(2)11-10-13-6-5-9-15(12-13)14-7-3-4-8-14;;;/h2*3-7,9,12,16H,8,11H2,1-2H3;2*1H;/q;;;;+2/p-2. The first-order valence-electron chi connectivity index (χ1n) is 12.4. The van der Waals surface area contributed by atoms with Crippen molar-refractivity contribution >= 4 is 35.2 Å². The molecule has 4 rings (SSSR count). The van der Waals surface area contributed by atoms with Crippen LogP contribution in [0.25, 0.3) is 11.1 Å². The van der Waals surface area contributed by atoms with Crippen LogP contribution in [0.4, 0.5) is 0 Å². The van der Waals surface area contributed by atoms with Crippen LogP contribution in [0.3, 0.4) is 0 Å². The van der Waals surface area contributed by atoms with E-state index >= 15 is 0 Å². The average molecular weight is 615 g/mol. The van der Waals surface area contributed by atoms with Crippen LogP contribution in [0.1, 0.15) is 35.1 Å². The Kier molecular flexibility index (Phi) is 12.7. The van der Waals surface area contributed by atoms with Gasteiger partial charge in [-0.15, -0.1) is 0 Å². The van der Waals surface area contributed by atoms with Crippen molar-refractivity contribution in [1.82, 2.24) is 0 Å². The van der Waals surface area contributed by atoms with Gasteiger partial charge in [0.1, 0.15) is 0 Å². The van der Waals surface area contributed by atoms with Crippen LogP contribution in [-0.4, -0.2) is 24.0 Å². The molecule has 0 atom stereocenters. The molecule has 0 heterocycles. The van der Waals surface area contributed by atoms with Crippen LogP contribution < -0.4 is 24.8 Å². The maximum atomic E-state index is 2.52. The van der Waals surface area contributed by atoms with E-state index in [4.69, 9.17) is 0 Å². The van der Waals surface area contributed by atoms with Crippen molar-refractivity contribution < 1.29 is 47.1 Å². The van der Waals surface area contributed by atoms with Crippen LogP contribution in [0, 0.1) is 0 Å². The first kappa shape index (κ1) is 30.3. The molecule has 2 aromatic rings. The van der Waals surface area contributed by atoms with Crippen molar-refractivity contribution in [3.05, 3.63) is 107 Å². The molecule has 0 amide bonds. The third kappa shape index (κ3) is 8.54. The summed E-state index contributed by atoms with van der Waals surface area (Å²) in [6, 6.07) is 21.7. The first-order chi connectivity index (χ1) is 16.0. The quantitative estimate of drug-likeness (QED) is 0.392. The zero-order chi connectivity index (χ0) is 23.2. The number of rotatable bonds is 8. The number of benzene rings is 2. The number of hydrogen-bond donors (Lipinski definition) is 0. The van der Waals surface area contributed by atoms with Crippen molar-refractivity contribution in [2.45, 2.75) is 51.1 Å². The van der Waals surface area contributed by atoms with Gasteiger partial charge in [0.15, 0.2) is 0 Å². The molecule has 0 nitrogen and oxygen atoms in total. The van der Waals surface area contributed by atoms with E-state index in [9.17, 15) is 0 Å². The monoisotopic (exact) mass is 612 g/mol. The van der Waals surface area contributed by atoms with Crippen molar-refractivity contribution in [2.75, 3.05) is 0 Å². The van der Waals surface area contributed by atoms with Gasteiger partial charge in [-0.2, -0.15) is 0 Å². The van der Waals surface area contributed by atoms with E-state index < -0.39 is 39.9 Å². The Morgan fingerprint density at radius 3 is 1.46 bits per heavy atom. The minimum atomic E-state index is -0.846. The molecule has 35 heavy (non-hydrogen) atoms. The third-order valence-electron chi connectivity index (χ3n) is 6.23. The van der Waals surface area contributed by atoms with E-state index in [1.165, 1.54) is 45.5 Å². The fraction of sp³-hybridized carbons (Fsp3) is 0.267. The fourth-order valence-corrected chi connectivity index (χ4v) is 16.8. The van der Waals surface area contributed by atoms with E-state index in [0.717, 1.165) is 12.8 Å². The predicted molar refractivity (Wildman–Crippen MR) is 152 cm³/mol. The summed E-state index contributed by atoms with van der Waals surface area (Å²) in [5, 5.41) is 0. The average Bonchev–Trinajstić information content (AvgIpc) is 3.52. The van der Waals surface area contributed by atoms with Gasteiger partial charge in [-0.05, 0) is 0 Å². The van der Waals surface area contributed by atoms with Gasteiger partial charge in [0.05, 0.1) is 0 Å². The SMILES string of the molecule is C[SiH](C)C[C](=[Zr+2]=[C](C[SiH](C)C)c1cccc(C2=CC=CC2)c1)c1cccc(C2=CC=CC2)c1.[Cl-].[Cl-]. The summed E-state index contributed by atoms with van der Waals surface area (Å²) in [5.41, 5.74) is 8.84. The molecule has 0 radical (unpaired) electrons. The van der Waals surface area contributed by atoms with Gasteiger partial charge in [-0.25, -0.2) is 0 Å². The number of hydrogen-bond acceptors (Lipinski definition) is 0. The normalized spacial score (nSPS) is 14.1. The van der Waals surface area contributed by atoms with Crippen molar-refractivity contribution in [3.63, 3.8) is 0 Å². The molecule has 5 heteroatoms. The summed E-state index contributed by atoms with van der Waals surface area (Å²) < 4.78 is 3.65. The van der Waals surface area contributed by atoms with Gasteiger partial charge in [-0.1, -0.05) is 0 Å². The van der Waals surface area contributed by atoms with Crippen LogP contribution in [0.15, 0.2) is 85.0 Å². The Hall–Kier alpha value is -0.963. The summed E-state index contributed by atoms with van der Waals surface area (Å²) in [5.74, 6) is 0. The topological polar surface area (TPSA) is 0 Å². The summed E-state index contributed by atoms with van der Waals surface area (Å²) >= 11 is -0.846. The zero-order valence-electron chi connectivity index (χ0n) is 21.3. The first-order valence-corrected chi connectivity index (χ1v) is 21.1. The van der Waals surface area contributed by atoms with Gasteiger partial charge in [-0.3, -0.25) is 0 Å². The molecule has 182 valence electrons.